The summed E-state index contributed by atoms with van der Waals surface area (Å²) in [7, 11) is 4.09. The van der Waals surface area contributed by atoms with Gasteiger partial charge >= 0.3 is 0 Å². The lowest BCUT2D eigenvalue weighted by molar-refractivity contribution is 0.919. The molecule has 2 unspecified atom stereocenters. The van der Waals surface area contributed by atoms with Crippen LogP contribution in [-0.2, 0) is 0 Å². The molecule has 0 aromatic carbocycles. The molecule has 0 N–H and O–H groups in total. The fraction of sp³-hybridized carbons (Fsp3) is 1.00. The molecule has 0 aromatic heterocycles. The molecule has 0 bridgehead atoms. The largest absolute Gasteiger partial charge is 0.162 e. The summed E-state index contributed by atoms with van der Waals surface area (Å²) < 4.78 is 0. The van der Waals surface area contributed by atoms with E-state index in [4.69, 9.17) is 0 Å². The van der Waals surface area contributed by atoms with Crippen molar-refractivity contribution in [3.63, 3.8) is 0 Å². The molecule has 4 heteroatoms. The number of rotatable bonds is 9. The summed E-state index contributed by atoms with van der Waals surface area (Å²) in [5.74, 6) is 2.61. The van der Waals surface area contributed by atoms with E-state index in [1.54, 1.807) is 0 Å². The van der Waals surface area contributed by atoms with E-state index in [0.717, 1.165) is 10.5 Å². The first-order chi connectivity index (χ1) is 6.70. The van der Waals surface area contributed by atoms with Crippen molar-refractivity contribution < 1.29 is 0 Å². The molecule has 0 aliphatic rings. The maximum Gasteiger partial charge on any atom is 0.00473 e. The molecule has 0 aromatic rings. The van der Waals surface area contributed by atoms with Gasteiger partial charge in [0.2, 0.25) is 0 Å². The predicted molar refractivity (Wildman–Crippen MR) is 80.1 cm³/mol. The second kappa shape index (κ2) is 10.9. The van der Waals surface area contributed by atoms with E-state index in [9.17, 15) is 0 Å². The number of hydrogen-bond acceptors (Lipinski definition) is 4. The lowest BCUT2D eigenvalue weighted by atomic mass is 10.4. The van der Waals surface area contributed by atoms with Gasteiger partial charge in [0.15, 0.2) is 0 Å². The Balaban J connectivity index is 3.06. The molecule has 0 aliphatic heterocycles. The Morgan fingerprint density at radius 3 is 1.43 bits per heavy atom. The molecule has 0 saturated heterocycles. The Kier molecular flexibility index (Phi) is 12.0. The topological polar surface area (TPSA) is 0 Å². The lowest BCUT2D eigenvalue weighted by Crippen LogP contribution is -1.97. The van der Waals surface area contributed by atoms with Crippen LogP contribution in [0, 0.1) is 0 Å². The van der Waals surface area contributed by atoms with E-state index in [1.807, 2.05) is 45.1 Å². The SMILES string of the molecule is CSC(C)CCSSCCC(C)SC. The summed E-state index contributed by atoms with van der Waals surface area (Å²) in [4.78, 5) is 0. The minimum Gasteiger partial charge on any atom is -0.162 e. The van der Waals surface area contributed by atoms with Crippen molar-refractivity contribution in [1.29, 1.82) is 0 Å². The minimum atomic E-state index is 0.827. The first kappa shape index (κ1) is 15.4. The van der Waals surface area contributed by atoms with Gasteiger partial charge in [-0.2, -0.15) is 23.5 Å². The molecule has 0 saturated carbocycles. The summed E-state index contributed by atoms with van der Waals surface area (Å²) in [6.07, 6.45) is 7.08. The van der Waals surface area contributed by atoms with Crippen molar-refractivity contribution in [2.45, 2.75) is 37.2 Å². The van der Waals surface area contributed by atoms with E-state index in [-0.39, 0.29) is 0 Å². The highest BCUT2D eigenvalue weighted by Crippen LogP contribution is 2.26. The van der Waals surface area contributed by atoms with Gasteiger partial charge in [-0.3, -0.25) is 0 Å². The Morgan fingerprint density at radius 2 is 1.14 bits per heavy atom. The van der Waals surface area contributed by atoms with E-state index >= 15 is 0 Å². The van der Waals surface area contributed by atoms with Gasteiger partial charge in [0.25, 0.3) is 0 Å². The average Bonchev–Trinajstić information content (AvgIpc) is 2.22. The third kappa shape index (κ3) is 9.94. The minimum absolute atomic E-state index is 0.827. The number of hydrogen-bond donors (Lipinski definition) is 0. The second-order valence-corrected chi connectivity index (χ2v) is 8.57. The van der Waals surface area contributed by atoms with Crippen LogP contribution in [-0.4, -0.2) is 34.5 Å². The number of thioether (sulfide) groups is 2. The third-order valence-electron chi connectivity index (χ3n) is 2.10. The molecule has 0 amide bonds. The molecule has 86 valence electrons. The van der Waals surface area contributed by atoms with Crippen LogP contribution < -0.4 is 0 Å². The van der Waals surface area contributed by atoms with Gasteiger partial charge in [-0.05, 0) is 25.4 Å². The van der Waals surface area contributed by atoms with Crippen LogP contribution in [0.1, 0.15) is 26.7 Å². The van der Waals surface area contributed by atoms with Crippen molar-refractivity contribution in [2.75, 3.05) is 24.0 Å². The Labute approximate surface area is 106 Å². The van der Waals surface area contributed by atoms with Crippen LogP contribution in [0.3, 0.4) is 0 Å². The van der Waals surface area contributed by atoms with E-state index in [2.05, 4.69) is 26.4 Å². The maximum absolute atomic E-state index is 2.31. The van der Waals surface area contributed by atoms with Crippen molar-refractivity contribution in [2.24, 2.45) is 0 Å². The Hall–Kier alpha value is 1.40. The molecule has 0 fully saturated rings. The van der Waals surface area contributed by atoms with Gasteiger partial charge in [-0.1, -0.05) is 35.4 Å². The van der Waals surface area contributed by atoms with Crippen LogP contribution in [0.15, 0.2) is 0 Å². The van der Waals surface area contributed by atoms with Crippen LogP contribution in [0.4, 0.5) is 0 Å². The third-order valence-corrected chi connectivity index (χ3v) is 6.66. The Bertz CT molecular complexity index is 105. The molecule has 0 rings (SSSR count). The summed E-state index contributed by atoms with van der Waals surface area (Å²) >= 11 is 3.94. The Morgan fingerprint density at radius 1 is 0.786 bits per heavy atom. The summed E-state index contributed by atoms with van der Waals surface area (Å²) in [6.45, 7) is 4.62. The van der Waals surface area contributed by atoms with Crippen molar-refractivity contribution >= 4 is 45.1 Å². The first-order valence-electron chi connectivity index (χ1n) is 5.00. The van der Waals surface area contributed by atoms with Crippen molar-refractivity contribution in [3.05, 3.63) is 0 Å². The van der Waals surface area contributed by atoms with E-state index in [0.29, 0.717) is 0 Å². The maximum atomic E-state index is 2.31. The smallest absolute Gasteiger partial charge is 0.00473 e. The molecule has 2 atom stereocenters. The monoisotopic (exact) mass is 270 g/mol. The van der Waals surface area contributed by atoms with Gasteiger partial charge in [-0.25, -0.2) is 0 Å². The standard InChI is InChI=1S/C10H22S4/c1-9(11-3)5-7-13-14-8-6-10(2)12-4/h9-10H,5-8H2,1-4H3. The zero-order chi connectivity index (χ0) is 10.8. The normalized spacial score (nSPS) is 15.4. The molecule has 0 aliphatic carbocycles. The van der Waals surface area contributed by atoms with Crippen LogP contribution in [0.5, 0.6) is 0 Å². The quantitative estimate of drug-likeness (QED) is 0.441. The fourth-order valence-corrected chi connectivity index (χ4v) is 4.21. The zero-order valence-corrected chi connectivity index (χ0v) is 12.9. The molecule has 0 heterocycles. The highest BCUT2D eigenvalue weighted by atomic mass is 33.1. The molecule has 0 radical (unpaired) electrons. The molecular weight excluding hydrogens is 248 g/mol. The zero-order valence-electron chi connectivity index (χ0n) is 9.62. The molecule has 0 spiro atoms. The van der Waals surface area contributed by atoms with Crippen molar-refractivity contribution in [1.82, 2.24) is 0 Å². The highest BCUT2D eigenvalue weighted by molar-refractivity contribution is 8.76. The van der Waals surface area contributed by atoms with Gasteiger partial charge in [0, 0.05) is 22.0 Å². The first-order valence-corrected chi connectivity index (χ1v) is 10.1. The molecule has 14 heavy (non-hydrogen) atoms. The van der Waals surface area contributed by atoms with Crippen LogP contribution in [0.2, 0.25) is 0 Å². The predicted octanol–water partition coefficient (Wildman–Crippen LogP) is 4.65. The second-order valence-electron chi connectivity index (χ2n) is 3.31. The summed E-state index contributed by atoms with van der Waals surface area (Å²) in [5.41, 5.74) is 0. The highest BCUT2D eigenvalue weighted by Gasteiger charge is 2.01. The lowest BCUT2D eigenvalue weighted by Gasteiger charge is -2.08. The van der Waals surface area contributed by atoms with Crippen LogP contribution in [0.25, 0.3) is 0 Å². The van der Waals surface area contributed by atoms with Gasteiger partial charge < -0.3 is 0 Å². The fourth-order valence-electron chi connectivity index (χ4n) is 0.782. The van der Waals surface area contributed by atoms with Crippen LogP contribution >= 0.6 is 45.1 Å². The summed E-state index contributed by atoms with van der Waals surface area (Å²) in [5, 5.41) is 1.65. The molecular formula is C10H22S4. The van der Waals surface area contributed by atoms with Gasteiger partial charge in [0.1, 0.15) is 0 Å². The van der Waals surface area contributed by atoms with Crippen molar-refractivity contribution in [3.8, 4) is 0 Å². The van der Waals surface area contributed by atoms with E-state index in [1.165, 1.54) is 24.3 Å². The molecule has 0 nitrogen and oxygen atoms in total. The summed E-state index contributed by atoms with van der Waals surface area (Å²) in [6, 6.07) is 0. The van der Waals surface area contributed by atoms with Gasteiger partial charge in [0.05, 0.1) is 0 Å². The average molecular weight is 271 g/mol. The van der Waals surface area contributed by atoms with Gasteiger partial charge in [-0.15, -0.1) is 0 Å². The van der Waals surface area contributed by atoms with E-state index < -0.39 is 0 Å².